The molecule has 246 valence electrons. The summed E-state index contributed by atoms with van der Waals surface area (Å²) >= 11 is 0. The first-order chi connectivity index (χ1) is 22.8. The van der Waals surface area contributed by atoms with Crippen LogP contribution >= 0.6 is 0 Å². The zero-order valence-electron chi connectivity index (χ0n) is 27.0. The summed E-state index contributed by atoms with van der Waals surface area (Å²) in [5, 5.41) is 15.8. The first-order valence-corrected chi connectivity index (χ1v) is 15.1. The number of methoxy groups -OCH3 is 4. The lowest BCUT2D eigenvalue weighted by Crippen LogP contribution is -2.26. The highest BCUT2D eigenvalue weighted by atomic mass is 16.5. The number of H-pyrrole nitrogens is 1. The van der Waals surface area contributed by atoms with Gasteiger partial charge in [0.15, 0.2) is 17.3 Å². The number of nitrogens with zero attached hydrogens (tertiary/aromatic N) is 2. The van der Waals surface area contributed by atoms with Crippen LogP contribution in [0.4, 0.5) is 11.6 Å². The van der Waals surface area contributed by atoms with Crippen molar-refractivity contribution in [3.05, 3.63) is 69.9 Å². The van der Waals surface area contributed by atoms with Gasteiger partial charge in [0.05, 0.1) is 45.7 Å². The van der Waals surface area contributed by atoms with E-state index < -0.39 is 6.04 Å². The minimum absolute atomic E-state index is 0.154. The lowest BCUT2D eigenvalue weighted by molar-refractivity contribution is -0.119. The molecular weight excluding hydrogens is 604 g/mol. The van der Waals surface area contributed by atoms with E-state index in [1.165, 1.54) is 14.0 Å². The molecule has 13 nitrogen and oxygen atoms in total. The van der Waals surface area contributed by atoms with Crippen molar-refractivity contribution in [1.82, 2.24) is 20.5 Å². The predicted octanol–water partition coefficient (Wildman–Crippen LogP) is 4.49. The number of carbonyl (C=O) groups excluding carboxylic acids is 2. The number of aromatic nitrogens is 3. The average molecular weight is 643 g/mol. The van der Waals surface area contributed by atoms with Gasteiger partial charge in [-0.1, -0.05) is 18.2 Å². The summed E-state index contributed by atoms with van der Waals surface area (Å²) in [6, 6.07) is 14.0. The van der Waals surface area contributed by atoms with Crippen molar-refractivity contribution in [3.63, 3.8) is 0 Å². The molecule has 4 N–H and O–H groups in total. The number of rotatable bonds is 12. The first-order valence-electron chi connectivity index (χ1n) is 15.1. The maximum Gasteiger partial charge on any atom is 0.249 e. The number of anilines is 2. The molecule has 0 saturated carbocycles. The van der Waals surface area contributed by atoms with E-state index in [1.807, 2.05) is 36.4 Å². The number of hydrogen-bond acceptors (Lipinski definition) is 10. The van der Waals surface area contributed by atoms with Gasteiger partial charge >= 0.3 is 0 Å². The summed E-state index contributed by atoms with van der Waals surface area (Å²) < 4.78 is 22.4. The normalized spacial score (nSPS) is 13.3. The fourth-order valence-electron chi connectivity index (χ4n) is 5.79. The molecule has 3 aromatic carbocycles. The van der Waals surface area contributed by atoms with Crippen LogP contribution < -0.4 is 40.3 Å². The van der Waals surface area contributed by atoms with Crippen LogP contribution in [0.25, 0.3) is 22.5 Å². The molecule has 0 unspecified atom stereocenters. The monoisotopic (exact) mass is 642 g/mol. The number of hydrogen-bond donors (Lipinski definition) is 4. The molecule has 0 fully saturated rings. The average Bonchev–Trinajstić information content (AvgIpc) is 3.41. The lowest BCUT2D eigenvalue weighted by Gasteiger charge is -2.19. The highest BCUT2D eigenvalue weighted by Gasteiger charge is 2.29. The van der Waals surface area contributed by atoms with Gasteiger partial charge in [0.1, 0.15) is 5.75 Å². The number of amides is 2. The van der Waals surface area contributed by atoms with E-state index in [9.17, 15) is 14.4 Å². The fraction of sp³-hybridized carbons (Fsp3) is 0.324. The van der Waals surface area contributed by atoms with Gasteiger partial charge in [0.2, 0.25) is 28.9 Å². The second-order valence-electron chi connectivity index (χ2n) is 10.9. The molecular formula is C34H38N6O7. The summed E-state index contributed by atoms with van der Waals surface area (Å²) in [5.74, 6) is 2.22. The van der Waals surface area contributed by atoms with Crippen molar-refractivity contribution < 1.29 is 28.5 Å². The Kier molecular flexibility index (Phi) is 10.2. The molecule has 0 saturated heterocycles. The van der Waals surface area contributed by atoms with Crippen LogP contribution in [0.5, 0.6) is 23.0 Å². The standard InChI is InChI=1S/C34H38N6O7/c1-19(41)36-24-14-12-20-17-28(45-3)31(46-4)32(47-5)30(20)21-13-15-25(26(42)18-23(21)24)35-16-8-11-29(43)37-34-38-33(39-40-34)22-9-6-7-10-27(22)44-2/h6-7,9-10,13,15,17-18,24H,8,11-12,14,16H2,1-5H3,(H,35,42)(H,36,41)(H2,37,38,39,40,43)/t24-/m0/s1. The Balaban J connectivity index is 1.33. The maximum atomic E-state index is 13.5. The van der Waals surface area contributed by atoms with Gasteiger partial charge in [0, 0.05) is 25.5 Å². The van der Waals surface area contributed by atoms with Crippen molar-refractivity contribution in [2.75, 3.05) is 45.6 Å². The molecule has 1 aromatic heterocycles. The smallest absolute Gasteiger partial charge is 0.249 e. The van der Waals surface area contributed by atoms with E-state index >= 15 is 0 Å². The Morgan fingerprint density at radius 2 is 1.70 bits per heavy atom. The second-order valence-corrected chi connectivity index (χ2v) is 10.9. The van der Waals surface area contributed by atoms with Gasteiger partial charge in [-0.3, -0.25) is 24.8 Å². The number of aryl methyl sites for hydroxylation is 1. The van der Waals surface area contributed by atoms with Crippen molar-refractivity contribution in [2.45, 2.75) is 38.6 Å². The third-order valence-electron chi connectivity index (χ3n) is 7.91. The summed E-state index contributed by atoms with van der Waals surface area (Å²) in [6.45, 7) is 1.81. The molecule has 4 aromatic rings. The highest BCUT2D eigenvalue weighted by molar-refractivity contribution is 5.89. The Morgan fingerprint density at radius 3 is 2.43 bits per heavy atom. The summed E-state index contributed by atoms with van der Waals surface area (Å²) in [5.41, 5.74) is 3.94. The summed E-state index contributed by atoms with van der Waals surface area (Å²) in [6.07, 6.45) is 1.78. The van der Waals surface area contributed by atoms with Crippen LogP contribution in [-0.2, 0) is 16.0 Å². The van der Waals surface area contributed by atoms with Gasteiger partial charge in [-0.25, -0.2) is 0 Å². The zero-order valence-corrected chi connectivity index (χ0v) is 27.0. The number of fused-ring (bicyclic) bond motifs is 3. The van der Waals surface area contributed by atoms with E-state index in [4.69, 9.17) is 18.9 Å². The van der Waals surface area contributed by atoms with Crippen LogP contribution in [0.1, 0.15) is 43.4 Å². The predicted molar refractivity (Wildman–Crippen MR) is 177 cm³/mol. The molecule has 5 rings (SSSR count). The van der Waals surface area contributed by atoms with E-state index in [1.54, 1.807) is 33.5 Å². The van der Waals surface area contributed by atoms with Crippen molar-refractivity contribution in [2.24, 2.45) is 0 Å². The number of para-hydroxylation sites is 1. The second kappa shape index (κ2) is 14.7. The molecule has 0 bridgehead atoms. The lowest BCUT2D eigenvalue weighted by atomic mass is 9.95. The Morgan fingerprint density at radius 1 is 0.936 bits per heavy atom. The van der Waals surface area contributed by atoms with Gasteiger partial charge in [-0.2, -0.15) is 4.98 Å². The molecule has 13 heteroatoms. The number of aromatic amines is 1. The van der Waals surface area contributed by atoms with Crippen LogP contribution in [0, 0.1) is 0 Å². The Bertz CT molecular complexity index is 1840. The van der Waals surface area contributed by atoms with E-state index in [0.29, 0.717) is 65.9 Å². The van der Waals surface area contributed by atoms with E-state index in [2.05, 4.69) is 31.1 Å². The molecule has 1 atom stereocenters. The minimum Gasteiger partial charge on any atom is -0.496 e. The highest BCUT2D eigenvalue weighted by Crippen LogP contribution is 2.50. The van der Waals surface area contributed by atoms with E-state index in [-0.39, 0.29) is 29.6 Å². The summed E-state index contributed by atoms with van der Waals surface area (Å²) in [7, 11) is 6.23. The molecule has 2 amide bonds. The van der Waals surface area contributed by atoms with Crippen LogP contribution in [0.2, 0.25) is 0 Å². The quantitative estimate of drug-likeness (QED) is 0.162. The molecule has 0 aliphatic heterocycles. The van der Waals surface area contributed by atoms with Crippen molar-refractivity contribution >= 4 is 23.5 Å². The topological polar surface area (TPSA) is 166 Å². The maximum absolute atomic E-state index is 13.5. The molecule has 1 aliphatic rings. The summed E-state index contributed by atoms with van der Waals surface area (Å²) in [4.78, 5) is 42.7. The van der Waals surface area contributed by atoms with Gasteiger partial charge in [0.25, 0.3) is 0 Å². The molecule has 1 heterocycles. The number of benzene rings is 2. The minimum atomic E-state index is -0.410. The Hall–Kier alpha value is -5.59. The first kappa shape index (κ1) is 32.8. The van der Waals surface area contributed by atoms with Crippen molar-refractivity contribution in [3.8, 4) is 45.5 Å². The third kappa shape index (κ3) is 7.13. The zero-order chi connectivity index (χ0) is 33.5. The molecule has 0 radical (unpaired) electrons. The largest absolute Gasteiger partial charge is 0.496 e. The van der Waals surface area contributed by atoms with Gasteiger partial charge in [-0.05, 0) is 66.3 Å². The van der Waals surface area contributed by atoms with Crippen LogP contribution in [0.15, 0.2) is 53.3 Å². The van der Waals surface area contributed by atoms with Gasteiger partial charge < -0.3 is 29.6 Å². The fourth-order valence-corrected chi connectivity index (χ4v) is 5.79. The third-order valence-corrected chi connectivity index (χ3v) is 7.91. The molecule has 47 heavy (non-hydrogen) atoms. The van der Waals surface area contributed by atoms with Crippen LogP contribution in [0.3, 0.4) is 0 Å². The SMILES string of the molecule is COc1ccccc1-c1nc(NC(=O)CCCNc2ccc3c(cc2=O)[C@@H](NC(C)=O)CCc2cc(OC)c(OC)c(OC)c2-3)n[nH]1. The Labute approximate surface area is 272 Å². The molecule has 0 spiro atoms. The number of ether oxygens (including phenoxy) is 4. The van der Waals surface area contributed by atoms with Crippen LogP contribution in [-0.4, -0.2) is 62.0 Å². The van der Waals surface area contributed by atoms with E-state index in [0.717, 1.165) is 22.3 Å². The van der Waals surface area contributed by atoms with Gasteiger partial charge in [-0.15, -0.1) is 5.10 Å². The van der Waals surface area contributed by atoms with Crippen molar-refractivity contribution in [1.29, 1.82) is 0 Å². The number of carbonyl (C=O) groups is 2. The number of nitrogens with one attached hydrogen (secondary N) is 4. The molecule has 1 aliphatic carbocycles.